The van der Waals surface area contributed by atoms with Crippen LogP contribution < -0.4 is 10.2 Å². The zero-order valence-electron chi connectivity index (χ0n) is 9.84. The third-order valence-electron chi connectivity index (χ3n) is 1.95. The van der Waals surface area contributed by atoms with E-state index in [1.54, 1.807) is 11.3 Å². The molecule has 0 aromatic carbocycles. The van der Waals surface area contributed by atoms with Gasteiger partial charge >= 0.3 is 0 Å². The Bertz CT molecular complexity index is 497. The molecule has 2 rings (SSSR count). The molecule has 0 saturated carbocycles. The van der Waals surface area contributed by atoms with Crippen molar-refractivity contribution in [1.29, 1.82) is 0 Å². The van der Waals surface area contributed by atoms with E-state index in [-0.39, 0.29) is 0 Å². The van der Waals surface area contributed by atoms with Crippen LogP contribution in [0.5, 0.6) is 0 Å². The van der Waals surface area contributed by atoms with E-state index in [0.717, 1.165) is 20.3 Å². The average molecular weight is 267 g/mol. The molecule has 0 fully saturated rings. The molecule has 0 aliphatic heterocycles. The molecule has 2 aromatic rings. The minimum Gasteiger partial charge on any atom is -0.373 e. The summed E-state index contributed by atoms with van der Waals surface area (Å²) < 4.78 is 0.898. The minimum atomic E-state index is 0.854. The van der Waals surface area contributed by atoms with Crippen molar-refractivity contribution >= 4 is 34.0 Å². The van der Waals surface area contributed by atoms with Crippen molar-refractivity contribution in [2.24, 2.45) is 0 Å². The van der Waals surface area contributed by atoms with Crippen LogP contribution in [0.1, 0.15) is 0 Å². The number of hydrogen-bond donors (Lipinski definition) is 1. The number of nitrogens with one attached hydrogen (secondary N) is 1. The highest BCUT2D eigenvalue weighted by molar-refractivity contribution is 8.01. The summed E-state index contributed by atoms with van der Waals surface area (Å²) in [5, 5.41) is 13.0. The Labute approximate surface area is 108 Å². The highest BCUT2D eigenvalue weighted by Crippen LogP contribution is 2.31. The van der Waals surface area contributed by atoms with Gasteiger partial charge in [-0.05, 0) is 23.9 Å². The quantitative estimate of drug-likeness (QED) is 0.916. The summed E-state index contributed by atoms with van der Waals surface area (Å²) in [6.07, 6.45) is 0. The molecule has 0 spiro atoms. The summed E-state index contributed by atoms with van der Waals surface area (Å²) in [7, 11) is 5.76. The molecule has 2 heterocycles. The van der Waals surface area contributed by atoms with Gasteiger partial charge in [-0.2, -0.15) is 0 Å². The Morgan fingerprint density at radius 2 is 2.12 bits per heavy atom. The standard InChI is InChI=1S/C10H13N5S2/c1-11-7-5-4-6-8(12-7)16-10-14-13-9(17-10)15(2)3/h4-6H,1-3H3,(H,11,12). The van der Waals surface area contributed by atoms with Crippen molar-refractivity contribution < 1.29 is 0 Å². The molecule has 0 atom stereocenters. The van der Waals surface area contributed by atoms with Gasteiger partial charge in [0.25, 0.3) is 0 Å². The van der Waals surface area contributed by atoms with Gasteiger partial charge < -0.3 is 10.2 Å². The fraction of sp³-hybridized carbons (Fsp3) is 0.300. The second kappa shape index (κ2) is 5.33. The summed E-state index contributed by atoms with van der Waals surface area (Å²) in [6, 6.07) is 5.85. The van der Waals surface area contributed by atoms with Crippen molar-refractivity contribution in [3.63, 3.8) is 0 Å². The number of rotatable bonds is 4. The molecule has 0 unspecified atom stereocenters. The Balaban J connectivity index is 2.13. The van der Waals surface area contributed by atoms with Crippen molar-refractivity contribution in [1.82, 2.24) is 15.2 Å². The highest BCUT2D eigenvalue weighted by atomic mass is 32.2. The van der Waals surface area contributed by atoms with Crippen LogP contribution in [0.25, 0.3) is 0 Å². The summed E-state index contributed by atoms with van der Waals surface area (Å²) in [4.78, 5) is 6.36. The van der Waals surface area contributed by atoms with E-state index >= 15 is 0 Å². The van der Waals surface area contributed by atoms with Crippen molar-refractivity contribution in [3.05, 3.63) is 18.2 Å². The molecule has 7 heteroatoms. The molecular formula is C10H13N5S2. The first-order valence-corrected chi connectivity index (χ1v) is 6.66. The predicted molar refractivity (Wildman–Crippen MR) is 72.1 cm³/mol. The first kappa shape index (κ1) is 12.1. The van der Waals surface area contributed by atoms with Gasteiger partial charge in [0.2, 0.25) is 5.13 Å². The van der Waals surface area contributed by atoms with Gasteiger partial charge in [-0.15, -0.1) is 10.2 Å². The molecule has 2 aromatic heterocycles. The molecule has 0 aliphatic carbocycles. The van der Waals surface area contributed by atoms with Gasteiger partial charge in [0.15, 0.2) is 4.34 Å². The lowest BCUT2D eigenvalue weighted by molar-refractivity contribution is 0.970. The van der Waals surface area contributed by atoms with E-state index in [4.69, 9.17) is 0 Å². The molecule has 1 N–H and O–H groups in total. The van der Waals surface area contributed by atoms with E-state index in [2.05, 4.69) is 20.5 Å². The monoisotopic (exact) mass is 267 g/mol. The topological polar surface area (TPSA) is 53.9 Å². The van der Waals surface area contributed by atoms with Gasteiger partial charge in [0.1, 0.15) is 10.8 Å². The van der Waals surface area contributed by atoms with Gasteiger partial charge in [0, 0.05) is 21.1 Å². The Morgan fingerprint density at radius 1 is 1.29 bits per heavy atom. The zero-order chi connectivity index (χ0) is 12.3. The molecule has 17 heavy (non-hydrogen) atoms. The van der Waals surface area contributed by atoms with Gasteiger partial charge in [-0.25, -0.2) is 4.98 Å². The van der Waals surface area contributed by atoms with Crippen LogP contribution in [0.3, 0.4) is 0 Å². The summed E-state index contributed by atoms with van der Waals surface area (Å²) in [6.45, 7) is 0. The van der Waals surface area contributed by atoms with E-state index in [0.29, 0.717) is 0 Å². The smallest absolute Gasteiger partial charge is 0.208 e. The van der Waals surface area contributed by atoms with E-state index < -0.39 is 0 Å². The number of anilines is 2. The molecule has 0 saturated heterocycles. The average Bonchev–Trinajstić information content (AvgIpc) is 2.78. The number of nitrogens with zero attached hydrogens (tertiary/aromatic N) is 4. The van der Waals surface area contributed by atoms with E-state index in [1.807, 2.05) is 44.2 Å². The zero-order valence-corrected chi connectivity index (χ0v) is 11.5. The van der Waals surface area contributed by atoms with E-state index in [9.17, 15) is 0 Å². The largest absolute Gasteiger partial charge is 0.373 e. The lowest BCUT2D eigenvalue weighted by Gasteiger charge is -2.03. The fourth-order valence-corrected chi connectivity index (χ4v) is 2.82. The molecule has 5 nitrogen and oxygen atoms in total. The van der Waals surface area contributed by atoms with Crippen LogP contribution in [-0.2, 0) is 0 Å². The summed E-state index contributed by atoms with van der Waals surface area (Å²) in [5.41, 5.74) is 0. The first-order valence-electron chi connectivity index (χ1n) is 5.02. The van der Waals surface area contributed by atoms with Gasteiger partial charge in [-0.1, -0.05) is 17.4 Å². The molecule has 0 radical (unpaired) electrons. The third kappa shape index (κ3) is 3.07. The SMILES string of the molecule is CNc1cccc(Sc2nnc(N(C)C)s2)n1. The number of pyridine rings is 1. The maximum atomic E-state index is 4.42. The van der Waals surface area contributed by atoms with Crippen LogP contribution in [0.15, 0.2) is 27.6 Å². The lowest BCUT2D eigenvalue weighted by atomic mass is 10.5. The maximum absolute atomic E-state index is 4.42. The normalized spacial score (nSPS) is 10.3. The summed E-state index contributed by atoms with van der Waals surface area (Å²) in [5.74, 6) is 0.854. The van der Waals surface area contributed by atoms with Crippen LogP contribution in [-0.4, -0.2) is 36.3 Å². The molecule has 0 aliphatic rings. The lowest BCUT2D eigenvalue weighted by Crippen LogP contribution is -2.07. The Morgan fingerprint density at radius 3 is 2.76 bits per heavy atom. The second-order valence-electron chi connectivity index (χ2n) is 3.46. The maximum Gasteiger partial charge on any atom is 0.208 e. The van der Waals surface area contributed by atoms with Crippen molar-refractivity contribution in [2.45, 2.75) is 9.37 Å². The van der Waals surface area contributed by atoms with E-state index in [1.165, 1.54) is 11.8 Å². The van der Waals surface area contributed by atoms with Crippen LogP contribution in [0.4, 0.5) is 10.9 Å². The van der Waals surface area contributed by atoms with Crippen LogP contribution in [0, 0.1) is 0 Å². The molecule has 0 bridgehead atoms. The van der Waals surface area contributed by atoms with Crippen molar-refractivity contribution in [2.75, 3.05) is 31.4 Å². The predicted octanol–water partition coefficient (Wildman–Crippen LogP) is 2.19. The first-order chi connectivity index (χ1) is 8.19. The van der Waals surface area contributed by atoms with Crippen LogP contribution >= 0.6 is 23.1 Å². The Hall–Kier alpha value is -1.34. The minimum absolute atomic E-state index is 0.854. The molecule has 90 valence electrons. The highest BCUT2D eigenvalue weighted by Gasteiger charge is 2.08. The Kier molecular flexibility index (Phi) is 3.80. The number of hydrogen-bond acceptors (Lipinski definition) is 7. The third-order valence-corrected chi connectivity index (χ3v) is 4.03. The van der Waals surface area contributed by atoms with Gasteiger partial charge in [0.05, 0.1) is 0 Å². The van der Waals surface area contributed by atoms with Crippen molar-refractivity contribution in [3.8, 4) is 0 Å². The molecule has 0 amide bonds. The second-order valence-corrected chi connectivity index (χ2v) is 5.68. The summed E-state index contributed by atoms with van der Waals surface area (Å²) >= 11 is 3.08. The van der Waals surface area contributed by atoms with Crippen LogP contribution in [0.2, 0.25) is 0 Å². The molecular weight excluding hydrogens is 254 g/mol. The van der Waals surface area contributed by atoms with Gasteiger partial charge in [-0.3, -0.25) is 0 Å². The fourth-order valence-electron chi connectivity index (χ4n) is 1.12. The number of aromatic nitrogens is 3.